The predicted octanol–water partition coefficient (Wildman–Crippen LogP) is 2.10. The lowest BCUT2D eigenvalue weighted by atomic mass is 10.2. The Morgan fingerprint density at radius 3 is 2.61 bits per heavy atom. The van der Waals surface area contributed by atoms with Crippen molar-refractivity contribution in [2.24, 2.45) is 0 Å². The maximum Gasteiger partial charge on any atom is 0.181 e. The number of carbonyl (C=O) groups is 1. The van der Waals surface area contributed by atoms with Gasteiger partial charge in [0, 0.05) is 6.92 Å². The van der Waals surface area contributed by atoms with Gasteiger partial charge >= 0.3 is 0 Å². The lowest BCUT2D eigenvalue weighted by Gasteiger charge is -2.10. The Morgan fingerprint density at radius 1 is 1.33 bits per heavy atom. The third kappa shape index (κ3) is 1.99. The first kappa shape index (κ1) is 12.3. The number of aryl methyl sites for hydroxylation is 1. The fourth-order valence-electron chi connectivity index (χ4n) is 1.85. The Morgan fingerprint density at radius 2 is 2.06 bits per heavy atom. The Bertz CT molecular complexity index is 602. The molecule has 0 fully saturated rings. The first-order chi connectivity index (χ1) is 8.54. The van der Waals surface area contributed by atoms with E-state index in [0.717, 1.165) is 11.3 Å². The van der Waals surface area contributed by atoms with Crippen molar-refractivity contribution in [3.63, 3.8) is 0 Å². The number of methoxy groups -OCH3 is 1. The molecule has 2 aromatic rings. The zero-order valence-corrected chi connectivity index (χ0v) is 10.9. The van der Waals surface area contributed by atoms with Crippen LogP contribution in [0.1, 0.15) is 28.7 Å². The van der Waals surface area contributed by atoms with Gasteiger partial charge in [-0.3, -0.25) is 4.79 Å². The topological polar surface area (TPSA) is 57.0 Å². The van der Waals surface area contributed by atoms with Crippen LogP contribution in [0.25, 0.3) is 5.69 Å². The maximum absolute atomic E-state index is 11.4. The monoisotopic (exact) mass is 245 g/mol. The van der Waals surface area contributed by atoms with Gasteiger partial charge in [-0.1, -0.05) is 11.3 Å². The van der Waals surface area contributed by atoms with Crippen molar-refractivity contribution in [1.82, 2.24) is 15.0 Å². The number of rotatable bonds is 3. The molecule has 0 aliphatic rings. The van der Waals surface area contributed by atoms with E-state index in [1.807, 2.05) is 32.0 Å². The molecule has 0 spiro atoms. The normalized spacial score (nSPS) is 10.4. The lowest BCUT2D eigenvalue weighted by Crippen LogP contribution is -2.03. The number of aromatic nitrogens is 3. The van der Waals surface area contributed by atoms with E-state index in [0.29, 0.717) is 17.1 Å². The summed E-state index contributed by atoms with van der Waals surface area (Å²) in [6.07, 6.45) is 0. The van der Waals surface area contributed by atoms with Crippen LogP contribution in [0.3, 0.4) is 0 Å². The van der Waals surface area contributed by atoms with Gasteiger partial charge < -0.3 is 4.74 Å². The van der Waals surface area contributed by atoms with E-state index in [1.54, 1.807) is 11.8 Å². The summed E-state index contributed by atoms with van der Waals surface area (Å²) in [4.78, 5) is 11.4. The molecular weight excluding hydrogens is 230 g/mol. The molecule has 0 amide bonds. The fraction of sp³-hybridized carbons (Fsp3) is 0.308. The van der Waals surface area contributed by atoms with Crippen molar-refractivity contribution in [2.75, 3.05) is 7.11 Å². The molecule has 0 saturated carbocycles. The summed E-state index contributed by atoms with van der Waals surface area (Å²) in [5, 5.41) is 7.93. The second-order valence-corrected chi connectivity index (χ2v) is 4.17. The Hall–Kier alpha value is -2.17. The number of ether oxygens (including phenoxy) is 1. The Labute approximate surface area is 105 Å². The molecule has 0 N–H and O–H groups in total. The average Bonchev–Trinajstić information content (AvgIpc) is 2.71. The molecule has 1 heterocycles. The first-order valence-corrected chi connectivity index (χ1v) is 5.63. The molecule has 5 heteroatoms. The molecule has 94 valence electrons. The molecule has 5 nitrogen and oxygen atoms in total. The Balaban J connectivity index is 2.61. The van der Waals surface area contributed by atoms with E-state index in [4.69, 9.17) is 4.74 Å². The first-order valence-electron chi connectivity index (χ1n) is 5.63. The van der Waals surface area contributed by atoms with Crippen LogP contribution >= 0.6 is 0 Å². The van der Waals surface area contributed by atoms with Crippen LogP contribution < -0.4 is 4.74 Å². The van der Waals surface area contributed by atoms with Crippen molar-refractivity contribution < 1.29 is 9.53 Å². The van der Waals surface area contributed by atoms with E-state index in [1.165, 1.54) is 6.92 Å². The van der Waals surface area contributed by atoms with Crippen molar-refractivity contribution in [3.8, 4) is 11.4 Å². The van der Waals surface area contributed by atoms with Crippen LogP contribution in [-0.4, -0.2) is 27.9 Å². The molecule has 0 unspecified atom stereocenters. The van der Waals surface area contributed by atoms with E-state index < -0.39 is 0 Å². The summed E-state index contributed by atoms with van der Waals surface area (Å²) in [7, 11) is 1.60. The van der Waals surface area contributed by atoms with Crippen molar-refractivity contribution in [2.45, 2.75) is 20.8 Å². The van der Waals surface area contributed by atoms with Crippen molar-refractivity contribution in [3.05, 3.63) is 35.2 Å². The standard InChI is InChI=1S/C13H15N3O2/c1-8-5-6-12(18-4)11(7-8)16-9(2)13(10(3)17)14-15-16/h5-7H,1-4H3. The summed E-state index contributed by atoms with van der Waals surface area (Å²) < 4.78 is 6.93. The van der Waals surface area contributed by atoms with E-state index in [-0.39, 0.29) is 5.78 Å². The van der Waals surface area contributed by atoms with Crippen LogP contribution in [0.2, 0.25) is 0 Å². The van der Waals surface area contributed by atoms with Gasteiger partial charge in [0.1, 0.15) is 11.4 Å². The minimum atomic E-state index is -0.0923. The third-order valence-corrected chi connectivity index (χ3v) is 2.79. The SMILES string of the molecule is COc1ccc(C)cc1-n1nnc(C(C)=O)c1C. The van der Waals surface area contributed by atoms with Crippen LogP contribution in [0, 0.1) is 13.8 Å². The largest absolute Gasteiger partial charge is 0.494 e. The molecule has 18 heavy (non-hydrogen) atoms. The van der Waals surface area contributed by atoms with Crippen LogP contribution in [0.4, 0.5) is 0 Å². The number of Topliss-reactive ketones (excluding diaryl/α,β-unsaturated/α-hetero) is 1. The lowest BCUT2D eigenvalue weighted by molar-refractivity contribution is 0.101. The molecule has 0 bridgehead atoms. The number of hydrogen-bond acceptors (Lipinski definition) is 4. The second-order valence-electron chi connectivity index (χ2n) is 4.17. The number of hydrogen-bond donors (Lipinski definition) is 0. The highest BCUT2D eigenvalue weighted by atomic mass is 16.5. The molecule has 0 radical (unpaired) electrons. The second kappa shape index (κ2) is 4.60. The molecular formula is C13H15N3O2. The molecule has 2 rings (SSSR count). The van der Waals surface area contributed by atoms with Crippen LogP contribution in [-0.2, 0) is 0 Å². The number of ketones is 1. The van der Waals surface area contributed by atoms with Gasteiger partial charge in [-0.05, 0) is 31.5 Å². The van der Waals surface area contributed by atoms with E-state index >= 15 is 0 Å². The van der Waals surface area contributed by atoms with Gasteiger partial charge in [0.05, 0.1) is 12.8 Å². The van der Waals surface area contributed by atoms with Crippen molar-refractivity contribution in [1.29, 1.82) is 0 Å². The number of carbonyl (C=O) groups excluding carboxylic acids is 1. The summed E-state index contributed by atoms with van der Waals surface area (Å²) in [5.41, 5.74) is 2.98. The van der Waals surface area contributed by atoms with Crippen molar-refractivity contribution >= 4 is 5.78 Å². The zero-order chi connectivity index (χ0) is 13.3. The Kier molecular flexibility index (Phi) is 3.14. The molecule has 1 aromatic heterocycles. The quantitative estimate of drug-likeness (QED) is 0.777. The predicted molar refractivity (Wildman–Crippen MR) is 67.4 cm³/mol. The minimum Gasteiger partial charge on any atom is -0.494 e. The van der Waals surface area contributed by atoms with Gasteiger partial charge in [-0.2, -0.15) is 0 Å². The smallest absolute Gasteiger partial charge is 0.181 e. The maximum atomic E-state index is 11.4. The van der Waals surface area contributed by atoms with Crippen LogP contribution in [0.5, 0.6) is 5.75 Å². The highest BCUT2D eigenvalue weighted by Crippen LogP contribution is 2.24. The van der Waals surface area contributed by atoms with Gasteiger partial charge in [0.15, 0.2) is 11.5 Å². The summed E-state index contributed by atoms with van der Waals surface area (Å²) >= 11 is 0. The van der Waals surface area contributed by atoms with Crippen LogP contribution in [0.15, 0.2) is 18.2 Å². The number of benzene rings is 1. The highest BCUT2D eigenvalue weighted by Gasteiger charge is 2.16. The van der Waals surface area contributed by atoms with Gasteiger partial charge in [0.25, 0.3) is 0 Å². The highest BCUT2D eigenvalue weighted by molar-refractivity contribution is 5.93. The minimum absolute atomic E-state index is 0.0923. The van der Waals surface area contributed by atoms with Gasteiger partial charge in [-0.25, -0.2) is 4.68 Å². The zero-order valence-electron chi connectivity index (χ0n) is 10.9. The van der Waals surface area contributed by atoms with E-state index in [2.05, 4.69) is 10.3 Å². The summed E-state index contributed by atoms with van der Waals surface area (Å²) in [5.74, 6) is 0.606. The van der Waals surface area contributed by atoms with E-state index in [9.17, 15) is 4.79 Å². The average molecular weight is 245 g/mol. The molecule has 0 atom stereocenters. The van der Waals surface area contributed by atoms with Gasteiger partial charge in [0.2, 0.25) is 0 Å². The fourth-order valence-corrected chi connectivity index (χ4v) is 1.85. The van der Waals surface area contributed by atoms with Gasteiger partial charge in [-0.15, -0.1) is 5.10 Å². The molecule has 1 aromatic carbocycles. The molecule has 0 saturated heterocycles. The molecule has 0 aliphatic carbocycles. The summed E-state index contributed by atoms with van der Waals surface area (Å²) in [6, 6.07) is 5.78. The third-order valence-electron chi connectivity index (χ3n) is 2.79. The number of nitrogens with zero attached hydrogens (tertiary/aromatic N) is 3. The summed E-state index contributed by atoms with van der Waals surface area (Å²) in [6.45, 7) is 5.29. The molecule has 0 aliphatic heterocycles.